The Morgan fingerprint density at radius 1 is 1.22 bits per heavy atom. The van der Waals surface area contributed by atoms with Gasteiger partial charge in [0.15, 0.2) is 5.43 Å². The second-order valence-electron chi connectivity index (χ2n) is 7.78. The van der Waals surface area contributed by atoms with Crippen LogP contribution in [0.1, 0.15) is 60.5 Å². The number of hydrogen-bond acceptors (Lipinski definition) is 4. The molecule has 2 heterocycles. The molecule has 1 aromatic heterocycles. The first-order valence-electron chi connectivity index (χ1n) is 9.72. The van der Waals surface area contributed by atoms with E-state index in [1.165, 1.54) is 6.42 Å². The van der Waals surface area contributed by atoms with Crippen molar-refractivity contribution in [3.8, 4) is 17.0 Å². The van der Waals surface area contributed by atoms with Gasteiger partial charge in [0.25, 0.3) is 0 Å². The van der Waals surface area contributed by atoms with Crippen LogP contribution in [0.25, 0.3) is 11.3 Å². The summed E-state index contributed by atoms with van der Waals surface area (Å²) >= 11 is 0. The standard InChI is InChI=1S/C22H25NO4/c1-3-27-21(26)17-13-23-18(11-20(17)25)16-9-14(2)19(24)10-15(16)12-22(23)7-5-4-6-8-22/h9-11,13,24H,3-8,12H2,1-2H3. The van der Waals surface area contributed by atoms with Crippen LogP contribution in [0, 0.1) is 6.92 Å². The van der Waals surface area contributed by atoms with E-state index in [2.05, 4.69) is 4.57 Å². The lowest BCUT2D eigenvalue weighted by Gasteiger charge is -2.45. The second kappa shape index (κ2) is 6.55. The van der Waals surface area contributed by atoms with Crippen LogP contribution in [0.2, 0.25) is 0 Å². The highest BCUT2D eigenvalue weighted by molar-refractivity contribution is 5.89. The Balaban J connectivity index is 1.97. The fraction of sp³-hybridized carbons (Fsp3) is 0.455. The second-order valence-corrected chi connectivity index (χ2v) is 7.78. The van der Waals surface area contributed by atoms with Gasteiger partial charge in [0.05, 0.1) is 12.3 Å². The summed E-state index contributed by atoms with van der Waals surface area (Å²) in [5.74, 6) is -0.268. The number of esters is 1. The fourth-order valence-electron chi connectivity index (χ4n) is 4.69. The SMILES string of the molecule is CCOC(=O)c1cn2c(cc1=O)-c1cc(C)c(O)cc1CC21CCCCC1. The van der Waals surface area contributed by atoms with Gasteiger partial charge in [-0.05, 0) is 56.4 Å². The number of nitrogens with zero attached hydrogens (tertiary/aromatic N) is 1. The van der Waals surface area contributed by atoms with Gasteiger partial charge in [-0.15, -0.1) is 0 Å². The Hall–Kier alpha value is -2.56. The van der Waals surface area contributed by atoms with Gasteiger partial charge in [-0.2, -0.15) is 0 Å². The lowest BCUT2D eigenvalue weighted by atomic mass is 9.73. The maximum absolute atomic E-state index is 12.7. The Bertz CT molecular complexity index is 967. The first-order valence-corrected chi connectivity index (χ1v) is 9.72. The lowest BCUT2D eigenvalue weighted by Crippen LogP contribution is -2.42. The van der Waals surface area contributed by atoms with Crippen LogP contribution >= 0.6 is 0 Å². The van der Waals surface area contributed by atoms with Crippen LogP contribution < -0.4 is 5.43 Å². The van der Waals surface area contributed by atoms with Gasteiger partial charge in [0, 0.05) is 23.4 Å². The molecule has 1 N–H and O–H groups in total. The first-order chi connectivity index (χ1) is 12.9. The molecule has 2 aliphatic rings. The number of aromatic nitrogens is 1. The zero-order valence-corrected chi connectivity index (χ0v) is 15.9. The van der Waals surface area contributed by atoms with Gasteiger partial charge in [0.1, 0.15) is 11.3 Å². The number of carbonyl (C=O) groups is 1. The Morgan fingerprint density at radius 2 is 1.96 bits per heavy atom. The third kappa shape index (κ3) is 2.85. The number of pyridine rings is 1. The van der Waals surface area contributed by atoms with E-state index >= 15 is 0 Å². The highest BCUT2D eigenvalue weighted by Crippen LogP contribution is 2.46. The van der Waals surface area contributed by atoms with Gasteiger partial charge >= 0.3 is 5.97 Å². The summed E-state index contributed by atoms with van der Waals surface area (Å²) in [6.45, 7) is 3.84. The monoisotopic (exact) mass is 367 g/mol. The highest BCUT2D eigenvalue weighted by Gasteiger charge is 2.40. The third-order valence-corrected chi connectivity index (χ3v) is 6.06. The average Bonchev–Trinajstić information content (AvgIpc) is 2.64. The van der Waals surface area contributed by atoms with Crippen molar-refractivity contribution < 1.29 is 14.6 Å². The van der Waals surface area contributed by atoms with Crippen LogP contribution in [0.15, 0.2) is 29.2 Å². The van der Waals surface area contributed by atoms with Gasteiger partial charge < -0.3 is 14.4 Å². The quantitative estimate of drug-likeness (QED) is 0.817. The number of carbonyl (C=O) groups excluding carboxylic acids is 1. The number of aromatic hydroxyl groups is 1. The van der Waals surface area contributed by atoms with Crippen LogP contribution in [0.4, 0.5) is 0 Å². The minimum Gasteiger partial charge on any atom is -0.508 e. The summed E-state index contributed by atoms with van der Waals surface area (Å²) in [4.78, 5) is 25.0. The van der Waals surface area contributed by atoms with Crippen molar-refractivity contribution in [1.29, 1.82) is 0 Å². The molecule has 2 aromatic rings. The summed E-state index contributed by atoms with van der Waals surface area (Å²) in [5, 5.41) is 10.2. The molecule has 1 aliphatic heterocycles. The van der Waals surface area contributed by atoms with E-state index in [-0.39, 0.29) is 23.1 Å². The molecule has 142 valence electrons. The predicted octanol–water partition coefficient (Wildman–Crippen LogP) is 3.92. The van der Waals surface area contributed by atoms with E-state index in [1.807, 2.05) is 19.1 Å². The van der Waals surface area contributed by atoms with E-state index < -0.39 is 5.97 Å². The third-order valence-electron chi connectivity index (χ3n) is 6.06. The molecule has 0 radical (unpaired) electrons. The molecule has 0 bridgehead atoms. The van der Waals surface area contributed by atoms with Crippen molar-refractivity contribution in [1.82, 2.24) is 4.57 Å². The lowest BCUT2D eigenvalue weighted by molar-refractivity contribution is 0.0522. The van der Waals surface area contributed by atoms with Gasteiger partial charge in [0.2, 0.25) is 0 Å². The zero-order valence-electron chi connectivity index (χ0n) is 15.9. The van der Waals surface area contributed by atoms with Crippen molar-refractivity contribution in [3.63, 3.8) is 0 Å². The number of fused-ring (bicyclic) bond motifs is 4. The van der Waals surface area contributed by atoms with Crippen molar-refractivity contribution in [2.75, 3.05) is 6.61 Å². The molecule has 5 heteroatoms. The summed E-state index contributed by atoms with van der Waals surface area (Å²) in [6.07, 6.45) is 7.95. The van der Waals surface area contributed by atoms with E-state index in [4.69, 9.17) is 4.74 Å². The van der Waals surface area contributed by atoms with E-state index in [9.17, 15) is 14.7 Å². The van der Waals surface area contributed by atoms with Gasteiger partial charge in [-0.3, -0.25) is 4.79 Å². The normalized spacial score (nSPS) is 17.3. The van der Waals surface area contributed by atoms with E-state index in [1.54, 1.807) is 19.2 Å². The van der Waals surface area contributed by atoms with Crippen molar-refractivity contribution in [2.45, 2.75) is 57.9 Å². The summed E-state index contributed by atoms with van der Waals surface area (Å²) in [7, 11) is 0. The number of ether oxygens (including phenoxy) is 1. The topological polar surface area (TPSA) is 68.5 Å². The molecular formula is C22H25NO4. The summed E-state index contributed by atoms with van der Waals surface area (Å²) < 4.78 is 7.25. The highest BCUT2D eigenvalue weighted by atomic mass is 16.5. The molecule has 1 aliphatic carbocycles. The number of benzene rings is 1. The van der Waals surface area contributed by atoms with Crippen molar-refractivity contribution in [3.05, 3.63) is 51.3 Å². The Kier molecular flexibility index (Phi) is 4.33. The fourth-order valence-corrected chi connectivity index (χ4v) is 4.69. The molecule has 4 rings (SSSR count). The Labute approximate surface area is 158 Å². The molecule has 1 aromatic carbocycles. The minimum absolute atomic E-state index is 0.101. The molecular weight excluding hydrogens is 342 g/mol. The number of phenols is 1. The van der Waals surface area contributed by atoms with Crippen LogP contribution in [-0.4, -0.2) is 22.2 Å². The van der Waals surface area contributed by atoms with E-state index in [0.717, 1.165) is 54.5 Å². The molecule has 1 saturated carbocycles. The largest absolute Gasteiger partial charge is 0.508 e. The van der Waals surface area contributed by atoms with Crippen molar-refractivity contribution in [2.24, 2.45) is 0 Å². The minimum atomic E-state index is -0.559. The van der Waals surface area contributed by atoms with Gasteiger partial charge in [-0.25, -0.2) is 4.79 Å². The molecule has 0 atom stereocenters. The number of aryl methyl sites for hydroxylation is 1. The van der Waals surface area contributed by atoms with Crippen LogP contribution in [-0.2, 0) is 16.7 Å². The first kappa shape index (κ1) is 17.8. The molecule has 5 nitrogen and oxygen atoms in total. The molecule has 27 heavy (non-hydrogen) atoms. The average molecular weight is 367 g/mol. The van der Waals surface area contributed by atoms with Crippen molar-refractivity contribution >= 4 is 5.97 Å². The van der Waals surface area contributed by atoms with Crippen LogP contribution in [0.3, 0.4) is 0 Å². The number of hydrogen-bond donors (Lipinski definition) is 1. The molecule has 0 saturated heterocycles. The zero-order chi connectivity index (χ0) is 19.2. The number of phenolic OH excluding ortho intramolecular Hbond substituents is 1. The maximum Gasteiger partial charge on any atom is 0.343 e. The number of rotatable bonds is 2. The predicted molar refractivity (Wildman–Crippen MR) is 103 cm³/mol. The molecule has 0 unspecified atom stereocenters. The smallest absolute Gasteiger partial charge is 0.343 e. The molecule has 1 spiro atoms. The van der Waals surface area contributed by atoms with E-state index in [0.29, 0.717) is 5.75 Å². The summed E-state index contributed by atoms with van der Waals surface area (Å²) in [6, 6.07) is 5.35. The van der Waals surface area contributed by atoms with Crippen LogP contribution in [0.5, 0.6) is 5.75 Å². The molecule has 1 fully saturated rings. The molecule has 0 amide bonds. The maximum atomic E-state index is 12.7. The Morgan fingerprint density at radius 3 is 2.67 bits per heavy atom. The summed E-state index contributed by atoms with van der Waals surface area (Å²) in [5.41, 5.74) is 3.28. The van der Waals surface area contributed by atoms with Gasteiger partial charge in [-0.1, -0.05) is 19.3 Å².